The molecule has 6 heteroatoms. The van der Waals surface area contributed by atoms with Gasteiger partial charge >= 0.3 is 0 Å². The van der Waals surface area contributed by atoms with E-state index >= 15 is 0 Å². The Labute approximate surface area is 177 Å². The zero-order valence-corrected chi connectivity index (χ0v) is 17.4. The van der Waals surface area contributed by atoms with E-state index in [0.29, 0.717) is 18.2 Å². The second kappa shape index (κ2) is 9.57. The van der Waals surface area contributed by atoms with Crippen LogP contribution in [0.3, 0.4) is 0 Å². The van der Waals surface area contributed by atoms with Crippen molar-refractivity contribution in [1.82, 2.24) is 10.2 Å². The third kappa shape index (κ3) is 5.47. The van der Waals surface area contributed by atoms with E-state index in [1.54, 1.807) is 0 Å². The lowest BCUT2D eigenvalue weighted by molar-refractivity contribution is -0.116. The highest BCUT2D eigenvalue weighted by molar-refractivity contribution is 5.90. The van der Waals surface area contributed by atoms with Crippen molar-refractivity contribution in [3.8, 4) is 11.5 Å². The lowest BCUT2D eigenvalue weighted by Crippen LogP contribution is -2.13. The minimum Gasteiger partial charge on any atom is -0.421 e. The van der Waals surface area contributed by atoms with Crippen LogP contribution < -0.4 is 10.6 Å². The van der Waals surface area contributed by atoms with E-state index in [0.717, 1.165) is 29.4 Å². The number of carbonyl (C=O) groups is 1. The van der Waals surface area contributed by atoms with Crippen LogP contribution in [0.2, 0.25) is 0 Å². The zero-order valence-electron chi connectivity index (χ0n) is 17.4. The van der Waals surface area contributed by atoms with Crippen LogP contribution in [-0.4, -0.2) is 22.6 Å². The summed E-state index contributed by atoms with van der Waals surface area (Å²) in [6.45, 7) is 3.06. The number of benzene rings is 2. The summed E-state index contributed by atoms with van der Waals surface area (Å²) in [5.41, 5.74) is 3.94. The Morgan fingerprint density at radius 3 is 2.43 bits per heavy atom. The summed E-state index contributed by atoms with van der Waals surface area (Å²) in [5, 5.41) is 14.5. The molecule has 0 bridgehead atoms. The number of nitrogens with one attached hydrogen (secondary N) is 2. The third-order valence-corrected chi connectivity index (χ3v) is 5.57. The summed E-state index contributed by atoms with van der Waals surface area (Å²) in [6.07, 6.45) is 6.06. The van der Waals surface area contributed by atoms with Crippen LogP contribution >= 0.6 is 0 Å². The fourth-order valence-corrected chi connectivity index (χ4v) is 3.76. The molecule has 4 rings (SSSR count). The molecule has 0 radical (unpaired) electrons. The van der Waals surface area contributed by atoms with E-state index in [4.69, 9.17) is 4.42 Å². The van der Waals surface area contributed by atoms with E-state index < -0.39 is 0 Å². The summed E-state index contributed by atoms with van der Waals surface area (Å²) >= 11 is 0. The van der Waals surface area contributed by atoms with Gasteiger partial charge in [-0.3, -0.25) is 4.79 Å². The fourth-order valence-electron chi connectivity index (χ4n) is 3.76. The largest absolute Gasteiger partial charge is 0.421 e. The molecule has 0 spiro atoms. The molecule has 0 atom stereocenters. The number of hydrogen-bond donors (Lipinski definition) is 2. The van der Waals surface area contributed by atoms with Crippen LogP contribution in [0.4, 0.5) is 11.4 Å². The number of nitrogens with zero attached hydrogens (tertiary/aromatic N) is 2. The molecule has 1 amide bonds. The molecule has 30 heavy (non-hydrogen) atoms. The van der Waals surface area contributed by atoms with Gasteiger partial charge < -0.3 is 15.1 Å². The molecular weight excluding hydrogens is 376 g/mol. The first-order chi connectivity index (χ1) is 14.7. The van der Waals surface area contributed by atoms with Crippen LogP contribution in [0.1, 0.15) is 43.6 Å². The lowest BCUT2D eigenvalue weighted by atomic mass is 10.1. The van der Waals surface area contributed by atoms with Crippen LogP contribution in [0.5, 0.6) is 0 Å². The number of carbonyl (C=O) groups excluding carboxylic acids is 1. The molecule has 156 valence electrons. The van der Waals surface area contributed by atoms with Crippen LogP contribution in [0.25, 0.3) is 11.5 Å². The quantitative estimate of drug-likeness (QED) is 0.538. The predicted molar refractivity (Wildman–Crippen MR) is 118 cm³/mol. The van der Waals surface area contributed by atoms with Crippen LogP contribution in [0, 0.1) is 12.8 Å². The van der Waals surface area contributed by atoms with E-state index in [9.17, 15) is 4.79 Å². The van der Waals surface area contributed by atoms with Crippen molar-refractivity contribution in [3.63, 3.8) is 0 Å². The number of aromatic nitrogens is 2. The van der Waals surface area contributed by atoms with Crippen molar-refractivity contribution in [2.75, 3.05) is 17.2 Å². The highest BCUT2D eigenvalue weighted by Crippen LogP contribution is 2.25. The maximum atomic E-state index is 12.3. The summed E-state index contributed by atoms with van der Waals surface area (Å²) in [4.78, 5) is 12.3. The summed E-state index contributed by atoms with van der Waals surface area (Å²) in [6, 6.07) is 15.8. The second-order valence-corrected chi connectivity index (χ2v) is 8.02. The van der Waals surface area contributed by atoms with Crippen molar-refractivity contribution in [2.24, 2.45) is 5.92 Å². The molecular formula is C24H28N4O2. The highest BCUT2D eigenvalue weighted by atomic mass is 16.4. The maximum Gasteiger partial charge on any atom is 0.247 e. The third-order valence-electron chi connectivity index (χ3n) is 5.57. The topological polar surface area (TPSA) is 80.0 Å². The van der Waals surface area contributed by atoms with Crippen LogP contribution in [-0.2, 0) is 11.2 Å². The van der Waals surface area contributed by atoms with Gasteiger partial charge in [0.2, 0.25) is 17.7 Å². The van der Waals surface area contributed by atoms with E-state index in [2.05, 4.69) is 20.8 Å². The molecule has 1 aliphatic carbocycles. The SMILES string of the molecule is Cc1ccc(-c2nnc(CCC(=O)Nc3ccc(NCC4CCCC4)cc3)o2)cc1. The minimum absolute atomic E-state index is 0.0725. The maximum absolute atomic E-state index is 12.3. The van der Waals surface area contributed by atoms with Crippen LogP contribution in [0.15, 0.2) is 52.9 Å². The molecule has 2 aromatic carbocycles. The van der Waals surface area contributed by atoms with Gasteiger partial charge in [-0.15, -0.1) is 10.2 Å². The Morgan fingerprint density at radius 1 is 1.00 bits per heavy atom. The van der Waals surface area contributed by atoms with Gasteiger partial charge in [-0.1, -0.05) is 30.5 Å². The zero-order chi connectivity index (χ0) is 20.8. The van der Waals surface area contributed by atoms with Gasteiger partial charge in [0.05, 0.1) is 0 Å². The average molecular weight is 405 g/mol. The molecule has 1 fully saturated rings. The Bertz CT molecular complexity index is 958. The Morgan fingerprint density at radius 2 is 1.70 bits per heavy atom. The first-order valence-corrected chi connectivity index (χ1v) is 10.7. The molecule has 1 aromatic heterocycles. The van der Waals surface area contributed by atoms with E-state index in [1.807, 2.05) is 55.5 Å². The predicted octanol–water partition coefficient (Wildman–Crippen LogP) is 5.22. The molecule has 2 N–H and O–H groups in total. The van der Waals surface area contributed by atoms with Crippen molar-refractivity contribution in [3.05, 3.63) is 60.0 Å². The van der Waals surface area contributed by atoms with Gasteiger partial charge in [0.15, 0.2) is 0 Å². The lowest BCUT2D eigenvalue weighted by Gasteiger charge is -2.12. The fraction of sp³-hybridized carbons (Fsp3) is 0.375. The normalized spacial score (nSPS) is 14.0. The van der Waals surface area contributed by atoms with Crippen molar-refractivity contribution < 1.29 is 9.21 Å². The number of aryl methyl sites for hydroxylation is 2. The average Bonchev–Trinajstić information content (AvgIpc) is 3.45. The summed E-state index contributed by atoms with van der Waals surface area (Å²) in [7, 11) is 0. The second-order valence-electron chi connectivity index (χ2n) is 8.02. The number of anilines is 2. The standard InChI is InChI=1S/C24H28N4O2/c1-17-6-8-19(9-7-17)24-28-27-23(30-24)15-14-22(29)26-21-12-10-20(11-13-21)25-16-18-4-2-3-5-18/h6-13,18,25H,2-5,14-16H2,1H3,(H,26,29). The number of amides is 1. The van der Waals surface area contributed by atoms with Crippen molar-refractivity contribution in [2.45, 2.75) is 45.4 Å². The molecule has 1 aliphatic rings. The summed E-state index contributed by atoms with van der Waals surface area (Å²) < 4.78 is 5.68. The van der Waals surface area contributed by atoms with Gasteiger partial charge in [0.25, 0.3) is 0 Å². The Kier molecular flexibility index (Phi) is 6.42. The molecule has 6 nitrogen and oxygen atoms in total. The van der Waals surface area contributed by atoms with Gasteiger partial charge in [-0.25, -0.2) is 0 Å². The molecule has 1 saturated carbocycles. The van der Waals surface area contributed by atoms with Gasteiger partial charge in [0.1, 0.15) is 0 Å². The van der Waals surface area contributed by atoms with Crippen molar-refractivity contribution >= 4 is 17.3 Å². The van der Waals surface area contributed by atoms with Gasteiger partial charge in [-0.05, 0) is 62.1 Å². The summed E-state index contributed by atoms with van der Waals surface area (Å²) in [5.74, 6) is 1.66. The first kappa shape index (κ1) is 20.1. The Hall–Kier alpha value is -3.15. The van der Waals surface area contributed by atoms with E-state index in [-0.39, 0.29) is 12.3 Å². The van der Waals surface area contributed by atoms with Gasteiger partial charge in [-0.2, -0.15) is 0 Å². The smallest absolute Gasteiger partial charge is 0.247 e. The number of hydrogen-bond acceptors (Lipinski definition) is 5. The Balaban J connectivity index is 1.23. The number of rotatable bonds is 8. The molecule has 0 aliphatic heterocycles. The van der Waals surface area contributed by atoms with Gasteiger partial charge in [0, 0.05) is 36.3 Å². The first-order valence-electron chi connectivity index (χ1n) is 10.7. The van der Waals surface area contributed by atoms with Crippen molar-refractivity contribution in [1.29, 1.82) is 0 Å². The molecule has 3 aromatic rings. The monoisotopic (exact) mass is 404 g/mol. The highest BCUT2D eigenvalue weighted by Gasteiger charge is 2.14. The molecule has 0 unspecified atom stereocenters. The van der Waals surface area contributed by atoms with E-state index in [1.165, 1.54) is 31.2 Å². The minimum atomic E-state index is -0.0725. The molecule has 0 saturated heterocycles. The molecule has 1 heterocycles.